The molecule has 0 saturated carbocycles. The summed E-state index contributed by atoms with van der Waals surface area (Å²) in [5.74, 6) is 0. The summed E-state index contributed by atoms with van der Waals surface area (Å²) >= 11 is 0. The van der Waals surface area contributed by atoms with Crippen molar-refractivity contribution in [3.63, 3.8) is 0 Å². The fourth-order valence-corrected chi connectivity index (χ4v) is 17.2. The molecule has 0 bridgehead atoms. The Hall–Kier alpha value is -8.49. The zero-order valence-electron chi connectivity index (χ0n) is 44.3. The van der Waals surface area contributed by atoms with E-state index in [2.05, 4.69) is 271 Å². The lowest BCUT2D eigenvalue weighted by Crippen LogP contribution is -2.15. The van der Waals surface area contributed by atoms with Gasteiger partial charge in [-0.1, -0.05) is 216 Å². The van der Waals surface area contributed by atoms with Gasteiger partial charge in [0.1, 0.15) is 0 Å². The van der Waals surface area contributed by atoms with E-state index in [0.717, 1.165) is 0 Å². The Morgan fingerprint density at radius 2 is 0.636 bits per heavy atom. The highest BCUT2D eigenvalue weighted by Gasteiger charge is 2.38. The summed E-state index contributed by atoms with van der Waals surface area (Å²) in [4.78, 5) is 2.94. The Bertz CT molecular complexity index is 4710. The number of benzene rings is 13. The van der Waals surface area contributed by atoms with Crippen molar-refractivity contribution in [2.24, 2.45) is 0 Å². The van der Waals surface area contributed by atoms with Crippen molar-refractivity contribution in [1.29, 1.82) is 0 Å². The van der Waals surface area contributed by atoms with Gasteiger partial charge in [-0.25, -0.2) is 0 Å². The van der Waals surface area contributed by atoms with Gasteiger partial charge in [0, 0.05) is 20.6 Å². The molecule has 1 heterocycles. The summed E-state index contributed by atoms with van der Waals surface area (Å²) in [6.07, 6.45) is 5.02. The van der Waals surface area contributed by atoms with E-state index in [1.165, 1.54) is 164 Å². The second kappa shape index (κ2) is 15.8. The minimum atomic E-state index is -1.34. The number of hydrogen-bond acceptors (Lipinski definition) is 0. The van der Waals surface area contributed by atoms with E-state index in [4.69, 9.17) is 0 Å². The van der Waals surface area contributed by atoms with E-state index < -0.39 is 10.0 Å². The van der Waals surface area contributed by atoms with Crippen LogP contribution in [0.25, 0.3) is 132 Å². The zero-order valence-corrected chi connectivity index (χ0v) is 45.2. The van der Waals surface area contributed by atoms with Crippen LogP contribution in [0.15, 0.2) is 240 Å². The fourth-order valence-electron chi connectivity index (χ4n) is 14.7. The number of hydrogen-bond donors (Lipinski definition) is 0. The smallest absolute Gasteiger partial charge is 0.0159 e. The lowest BCUT2D eigenvalue weighted by molar-refractivity contribution is 0.660. The summed E-state index contributed by atoms with van der Waals surface area (Å²) in [7, 11) is -1.34. The van der Waals surface area contributed by atoms with E-state index in [1.807, 2.05) is 0 Å². The Morgan fingerprint density at radius 3 is 1.23 bits per heavy atom. The highest BCUT2D eigenvalue weighted by molar-refractivity contribution is 8.33. The van der Waals surface area contributed by atoms with E-state index in [1.54, 1.807) is 0 Å². The Kier molecular flexibility index (Phi) is 9.18. The van der Waals surface area contributed by atoms with Gasteiger partial charge in [-0.3, -0.25) is 0 Å². The summed E-state index contributed by atoms with van der Waals surface area (Å²) in [5, 5.41) is 12.7. The normalized spacial score (nSPS) is 15.4. The minimum absolute atomic E-state index is 0.149. The second-order valence-corrected chi connectivity index (χ2v) is 27.0. The van der Waals surface area contributed by atoms with Crippen LogP contribution in [0.2, 0.25) is 0 Å². The predicted octanol–water partition coefficient (Wildman–Crippen LogP) is 21.2. The maximum Gasteiger partial charge on any atom is 0.0159 e. The largest absolute Gasteiger partial charge is 0.192 e. The van der Waals surface area contributed by atoms with E-state index in [9.17, 15) is 0 Å². The summed E-state index contributed by atoms with van der Waals surface area (Å²) in [6, 6.07) is 88.9. The number of rotatable bonds is 4. The van der Waals surface area contributed by atoms with Crippen LogP contribution in [0.5, 0.6) is 0 Å². The summed E-state index contributed by atoms with van der Waals surface area (Å²) in [6.45, 7) is 9.66. The molecule has 0 atom stereocenters. The molecule has 0 fully saturated rings. The van der Waals surface area contributed by atoms with Crippen molar-refractivity contribution >= 4 is 63.9 Å². The molecule has 77 heavy (non-hydrogen) atoms. The third-order valence-electron chi connectivity index (χ3n) is 18.5. The first kappa shape index (κ1) is 44.8. The molecule has 13 aromatic carbocycles. The van der Waals surface area contributed by atoms with Gasteiger partial charge in [0.25, 0.3) is 0 Å². The zero-order chi connectivity index (χ0) is 51.7. The molecular formula is C76H56S. The molecule has 2 aliphatic carbocycles. The monoisotopic (exact) mass is 1000 g/mol. The standard InChI is InChI=1S/C76H56S/c1-75(2)65-28-16-13-21-51(65)53-36-33-49(41-67(53)75)73-60-38-35-48(72-58-26-11-9-24-56(58)71(57-25-10-12-27-59(57)72)47-32-31-45-19-7-8-20-46(45)39-47)40-62(60)74(50-34-37-54-52-22-14-17-29-66(52)76(3,4)68(54)42-50)64-44-70-61(43-63(64)73)55-23-15-18-30-69(55)77(70,5)6/h7-44H,1-6H3. The van der Waals surface area contributed by atoms with Crippen LogP contribution < -0.4 is 0 Å². The third-order valence-corrected chi connectivity index (χ3v) is 21.4. The first-order valence-corrected chi connectivity index (χ1v) is 29.7. The van der Waals surface area contributed by atoms with Gasteiger partial charge in [0.15, 0.2) is 0 Å². The molecule has 0 nitrogen and oxygen atoms in total. The summed E-state index contributed by atoms with van der Waals surface area (Å²) < 4.78 is 0. The number of fused-ring (bicyclic) bond motifs is 14. The maximum absolute atomic E-state index is 2.65. The van der Waals surface area contributed by atoms with E-state index >= 15 is 0 Å². The van der Waals surface area contributed by atoms with Crippen LogP contribution in [0, 0.1) is 0 Å². The molecule has 0 amide bonds. The van der Waals surface area contributed by atoms with Crippen LogP contribution >= 0.6 is 10.0 Å². The van der Waals surface area contributed by atoms with Gasteiger partial charge < -0.3 is 0 Å². The molecule has 13 aromatic rings. The first-order chi connectivity index (χ1) is 37.5. The maximum atomic E-state index is 2.65. The van der Waals surface area contributed by atoms with Crippen molar-refractivity contribution in [2.75, 3.05) is 12.5 Å². The fraction of sp³-hybridized carbons (Fsp3) is 0.105. The highest BCUT2D eigenvalue weighted by Crippen LogP contribution is 2.68. The Labute approximate surface area is 452 Å². The topological polar surface area (TPSA) is 0 Å². The van der Waals surface area contributed by atoms with Crippen molar-refractivity contribution in [3.05, 3.63) is 253 Å². The van der Waals surface area contributed by atoms with Crippen LogP contribution in [0.4, 0.5) is 0 Å². The van der Waals surface area contributed by atoms with Crippen LogP contribution in [-0.4, -0.2) is 12.5 Å². The molecule has 0 N–H and O–H groups in total. The molecule has 3 aliphatic rings. The average Bonchev–Trinajstić information content (AvgIpc) is 4.05. The molecular weight excluding hydrogens is 945 g/mol. The molecule has 0 saturated heterocycles. The van der Waals surface area contributed by atoms with Gasteiger partial charge in [0.05, 0.1) is 0 Å². The first-order valence-electron chi connectivity index (χ1n) is 27.3. The highest BCUT2D eigenvalue weighted by atomic mass is 32.3. The van der Waals surface area contributed by atoms with E-state index in [-0.39, 0.29) is 10.8 Å². The van der Waals surface area contributed by atoms with Crippen LogP contribution in [-0.2, 0) is 10.8 Å². The van der Waals surface area contributed by atoms with Crippen LogP contribution in [0.3, 0.4) is 0 Å². The molecule has 0 unspecified atom stereocenters. The molecule has 0 radical (unpaired) electrons. The van der Waals surface area contributed by atoms with Crippen molar-refractivity contribution in [1.82, 2.24) is 0 Å². The van der Waals surface area contributed by atoms with Crippen molar-refractivity contribution in [2.45, 2.75) is 48.3 Å². The second-order valence-electron chi connectivity index (χ2n) is 23.5. The quantitative estimate of drug-likeness (QED) is 0.154. The van der Waals surface area contributed by atoms with Gasteiger partial charge >= 0.3 is 0 Å². The lowest BCUT2D eigenvalue weighted by atomic mass is 9.78. The Morgan fingerprint density at radius 1 is 0.247 bits per heavy atom. The molecule has 16 rings (SSSR count). The Balaban J connectivity index is 1.04. The molecule has 366 valence electrons. The van der Waals surface area contributed by atoms with Gasteiger partial charge in [-0.2, -0.15) is 10.0 Å². The van der Waals surface area contributed by atoms with Gasteiger partial charge in [-0.15, -0.1) is 0 Å². The van der Waals surface area contributed by atoms with Gasteiger partial charge in [-0.05, 0) is 209 Å². The van der Waals surface area contributed by atoms with Crippen molar-refractivity contribution in [3.8, 4) is 77.9 Å². The van der Waals surface area contributed by atoms with E-state index in [0.29, 0.717) is 0 Å². The molecule has 0 aromatic heterocycles. The van der Waals surface area contributed by atoms with Crippen LogP contribution in [0.1, 0.15) is 49.9 Å². The average molecular weight is 1000 g/mol. The molecule has 1 aliphatic heterocycles. The molecule has 1 heteroatoms. The predicted molar refractivity (Wildman–Crippen MR) is 332 cm³/mol. The molecule has 0 spiro atoms. The van der Waals surface area contributed by atoms with Crippen molar-refractivity contribution < 1.29 is 0 Å². The van der Waals surface area contributed by atoms with Gasteiger partial charge in [0.2, 0.25) is 0 Å². The lowest BCUT2D eigenvalue weighted by Gasteiger charge is -2.29. The summed E-state index contributed by atoms with van der Waals surface area (Å²) in [5.41, 5.74) is 23.5. The SMILES string of the molecule is CC1(C)c2ccccc2-c2ccc(-c3c4ccc(-c5c6ccccc6c(-c6ccc7ccccc7c6)c6ccccc56)cc4c(-c4ccc5c(c4)C(C)(C)c4ccccc4-5)c4cc5c(cc34)-c3ccccc3S5(C)C)cc21. The minimum Gasteiger partial charge on any atom is -0.192 e. The third kappa shape index (κ3) is 6.12.